The second kappa shape index (κ2) is 9.57. The van der Waals surface area contributed by atoms with Crippen molar-refractivity contribution in [3.8, 4) is 17.0 Å². The molecule has 3 aromatic heterocycles. The molecule has 5 aromatic rings. The summed E-state index contributed by atoms with van der Waals surface area (Å²) in [6, 6.07) is 17.8. The summed E-state index contributed by atoms with van der Waals surface area (Å²) in [6.07, 6.45) is 7.25. The molecule has 2 aromatic carbocycles. The number of aryl methyl sites for hydroxylation is 1. The Morgan fingerprint density at radius 1 is 1.11 bits per heavy atom. The van der Waals surface area contributed by atoms with E-state index in [1.54, 1.807) is 16.9 Å². The molecule has 0 saturated heterocycles. The van der Waals surface area contributed by atoms with Crippen LogP contribution in [0.5, 0.6) is 5.75 Å². The summed E-state index contributed by atoms with van der Waals surface area (Å²) in [4.78, 5) is 25.8. The number of hydrogen-bond donors (Lipinski definition) is 1. The molecule has 9 heteroatoms. The molecule has 0 spiro atoms. The third-order valence-corrected chi connectivity index (χ3v) is 6.87. The third kappa shape index (κ3) is 4.37. The number of carbonyl (C=O) groups is 1. The van der Waals surface area contributed by atoms with Crippen molar-refractivity contribution in [2.24, 2.45) is 0 Å². The molecular weight excluding hydrogens is 468 g/mol. The van der Waals surface area contributed by atoms with E-state index in [0.29, 0.717) is 17.8 Å². The molecule has 0 fully saturated rings. The van der Waals surface area contributed by atoms with Gasteiger partial charge in [0.05, 0.1) is 18.3 Å². The summed E-state index contributed by atoms with van der Waals surface area (Å²) in [7, 11) is 0. The van der Waals surface area contributed by atoms with Crippen LogP contribution in [0, 0.1) is 0 Å². The van der Waals surface area contributed by atoms with Gasteiger partial charge in [-0.1, -0.05) is 37.6 Å². The van der Waals surface area contributed by atoms with Gasteiger partial charge in [0.1, 0.15) is 17.8 Å². The van der Waals surface area contributed by atoms with Crippen LogP contribution in [-0.4, -0.2) is 36.3 Å². The molecule has 1 unspecified atom stereocenters. The van der Waals surface area contributed by atoms with Gasteiger partial charge in [0, 0.05) is 18.0 Å². The third-order valence-electron chi connectivity index (χ3n) is 6.87. The largest absolute Gasteiger partial charge is 0.494 e. The first kappa shape index (κ1) is 23.0. The van der Waals surface area contributed by atoms with Gasteiger partial charge in [0.25, 0.3) is 0 Å². The monoisotopic (exact) mass is 496 g/mol. The van der Waals surface area contributed by atoms with Crippen molar-refractivity contribution in [3.05, 3.63) is 88.6 Å². The highest BCUT2D eigenvalue weighted by Crippen LogP contribution is 2.30. The van der Waals surface area contributed by atoms with E-state index in [0.717, 1.165) is 48.3 Å². The van der Waals surface area contributed by atoms with Crippen molar-refractivity contribution in [2.75, 3.05) is 6.61 Å². The molecule has 3 heterocycles. The molecule has 188 valence electrons. The van der Waals surface area contributed by atoms with Crippen LogP contribution < -0.4 is 15.7 Å². The van der Waals surface area contributed by atoms with Crippen LogP contribution in [-0.2, 0) is 17.8 Å². The van der Waals surface area contributed by atoms with E-state index < -0.39 is 0 Å². The first-order valence-electron chi connectivity index (χ1n) is 12.7. The van der Waals surface area contributed by atoms with Crippen molar-refractivity contribution in [1.29, 1.82) is 0 Å². The minimum absolute atomic E-state index is 0.0380. The Morgan fingerprint density at radius 2 is 1.95 bits per heavy atom. The number of amides is 1. The Balaban J connectivity index is 1.23. The molecule has 37 heavy (non-hydrogen) atoms. The van der Waals surface area contributed by atoms with Crippen molar-refractivity contribution >= 4 is 17.1 Å². The number of nitrogens with one attached hydrogen (secondary N) is 1. The molecule has 9 nitrogen and oxygen atoms in total. The maximum Gasteiger partial charge on any atom is 0.350 e. The van der Waals surface area contributed by atoms with Crippen molar-refractivity contribution in [2.45, 2.75) is 45.2 Å². The summed E-state index contributed by atoms with van der Waals surface area (Å²) in [5, 5.41) is 12.2. The maximum atomic E-state index is 13.0. The normalized spacial score (nSPS) is 14.8. The minimum atomic E-state index is -0.365. The summed E-state index contributed by atoms with van der Waals surface area (Å²) >= 11 is 0. The molecule has 6 rings (SSSR count). The number of nitrogens with zero attached hydrogens (tertiary/aromatic N) is 5. The van der Waals surface area contributed by atoms with Crippen LogP contribution >= 0.6 is 0 Å². The SMILES string of the molecule is CCCCOc1ccc(-c2cc3c4nn(CC(=O)NC5CCc6ccccc65)c(=O)n4ccn3n2)cc1. The second-order valence-corrected chi connectivity index (χ2v) is 9.38. The molecule has 0 aliphatic heterocycles. The number of rotatable bonds is 8. The summed E-state index contributed by atoms with van der Waals surface area (Å²) in [6.45, 7) is 2.69. The lowest BCUT2D eigenvalue weighted by molar-refractivity contribution is -0.122. The summed E-state index contributed by atoms with van der Waals surface area (Å²) < 4.78 is 10.1. The van der Waals surface area contributed by atoms with E-state index in [2.05, 4.69) is 28.5 Å². The van der Waals surface area contributed by atoms with Gasteiger partial charge in [-0.25, -0.2) is 18.4 Å². The van der Waals surface area contributed by atoms with Gasteiger partial charge in [-0.3, -0.25) is 4.79 Å². The van der Waals surface area contributed by atoms with Crippen molar-refractivity contribution in [3.63, 3.8) is 0 Å². The molecular formula is C28H28N6O3. The highest BCUT2D eigenvalue weighted by atomic mass is 16.5. The second-order valence-electron chi connectivity index (χ2n) is 9.38. The fraction of sp³-hybridized carbons (Fsp3) is 0.286. The highest BCUT2D eigenvalue weighted by molar-refractivity contribution is 5.78. The zero-order valence-electron chi connectivity index (χ0n) is 20.6. The number of fused-ring (bicyclic) bond motifs is 4. The van der Waals surface area contributed by atoms with Gasteiger partial charge in [-0.05, 0) is 60.7 Å². The summed E-state index contributed by atoms with van der Waals surface area (Å²) in [5.74, 6) is 0.590. The first-order chi connectivity index (χ1) is 18.1. The van der Waals surface area contributed by atoms with E-state index >= 15 is 0 Å². The van der Waals surface area contributed by atoms with Gasteiger partial charge >= 0.3 is 5.69 Å². The van der Waals surface area contributed by atoms with E-state index in [1.807, 2.05) is 48.5 Å². The Labute approximate surface area is 213 Å². The lowest BCUT2D eigenvalue weighted by atomic mass is 10.1. The zero-order valence-corrected chi connectivity index (χ0v) is 20.6. The van der Waals surface area contributed by atoms with E-state index in [1.165, 1.54) is 14.6 Å². The Kier molecular flexibility index (Phi) is 5.96. The molecule has 0 saturated carbocycles. The zero-order chi connectivity index (χ0) is 25.4. The predicted molar refractivity (Wildman–Crippen MR) is 140 cm³/mol. The number of carbonyl (C=O) groups excluding carboxylic acids is 1. The predicted octanol–water partition coefficient (Wildman–Crippen LogP) is 3.79. The fourth-order valence-electron chi connectivity index (χ4n) is 4.92. The molecule has 1 aliphatic rings. The fourth-order valence-corrected chi connectivity index (χ4v) is 4.92. The van der Waals surface area contributed by atoms with Gasteiger partial charge in [0.2, 0.25) is 5.91 Å². The average molecular weight is 497 g/mol. The number of aromatic nitrogens is 5. The maximum absolute atomic E-state index is 13.0. The average Bonchev–Trinajstić information content (AvgIpc) is 3.61. The van der Waals surface area contributed by atoms with E-state index in [4.69, 9.17) is 4.74 Å². The van der Waals surface area contributed by atoms with Crippen LogP contribution in [0.4, 0.5) is 0 Å². The van der Waals surface area contributed by atoms with E-state index in [-0.39, 0.29) is 24.2 Å². The van der Waals surface area contributed by atoms with E-state index in [9.17, 15) is 9.59 Å². The lowest BCUT2D eigenvalue weighted by Crippen LogP contribution is -2.34. The van der Waals surface area contributed by atoms with Gasteiger partial charge < -0.3 is 10.1 Å². The number of benzene rings is 2. The van der Waals surface area contributed by atoms with Gasteiger partial charge in [-0.2, -0.15) is 5.10 Å². The topological polar surface area (TPSA) is 94.9 Å². The molecule has 0 bridgehead atoms. The lowest BCUT2D eigenvalue weighted by Gasteiger charge is -2.13. The number of unbranched alkanes of at least 4 members (excludes halogenated alkanes) is 1. The molecule has 1 N–H and O–H groups in total. The van der Waals surface area contributed by atoms with Gasteiger partial charge in [-0.15, -0.1) is 5.10 Å². The van der Waals surface area contributed by atoms with Crippen LogP contribution in [0.15, 0.2) is 71.8 Å². The summed E-state index contributed by atoms with van der Waals surface area (Å²) in [5.41, 5.74) is 4.86. The Bertz CT molecular complexity index is 1650. The quantitative estimate of drug-likeness (QED) is 0.330. The van der Waals surface area contributed by atoms with Crippen LogP contribution in [0.25, 0.3) is 22.4 Å². The Hall–Kier alpha value is -4.40. The van der Waals surface area contributed by atoms with Crippen LogP contribution in [0.3, 0.4) is 0 Å². The molecule has 1 amide bonds. The molecule has 1 atom stereocenters. The number of ether oxygens (including phenoxy) is 1. The molecule has 1 aliphatic carbocycles. The van der Waals surface area contributed by atoms with Crippen LogP contribution in [0.1, 0.15) is 43.4 Å². The standard InChI is InChI=1S/C28H28N6O3/c1-2-3-16-37-21-11-8-20(9-12-21)24-17-25-27-31-34(28(36)32(27)14-15-33(25)30-24)18-26(35)29-23-13-10-19-6-4-5-7-22(19)23/h4-9,11-12,14-15,17,23H,2-3,10,13,16,18H2,1H3,(H,29,35). The van der Waals surface area contributed by atoms with Crippen molar-refractivity contribution < 1.29 is 9.53 Å². The van der Waals surface area contributed by atoms with Crippen molar-refractivity contribution in [1.82, 2.24) is 29.1 Å². The first-order valence-corrected chi connectivity index (χ1v) is 12.7. The molecule has 0 radical (unpaired) electrons. The highest BCUT2D eigenvalue weighted by Gasteiger charge is 2.24. The number of hydrogen-bond acceptors (Lipinski definition) is 5. The van der Waals surface area contributed by atoms with Gasteiger partial charge in [0.15, 0.2) is 5.65 Å². The smallest absolute Gasteiger partial charge is 0.350 e. The minimum Gasteiger partial charge on any atom is -0.494 e. The Morgan fingerprint density at radius 3 is 2.78 bits per heavy atom. The van der Waals surface area contributed by atoms with Crippen LogP contribution in [0.2, 0.25) is 0 Å².